The van der Waals surface area contributed by atoms with E-state index in [0.29, 0.717) is 11.7 Å². The number of carbonyl (C=O) groups excluding carboxylic acids is 1. The highest BCUT2D eigenvalue weighted by atomic mass is 79.9. The monoisotopic (exact) mass is 243 g/mol. The van der Waals surface area contributed by atoms with Crippen LogP contribution in [0.5, 0.6) is 0 Å². The standard InChI is InChI=1S/C9H10BrNO2/c1-13-9(12)8-4-6(10)5-11(8)7-2-3-7/h4-5,7H,2-3H2,1H3. The van der Waals surface area contributed by atoms with E-state index in [1.807, 2.05) is 10.8 Å². The van der Waals surface area contributed by atoms with Gasteiger partial charge in [0.05, 0.1) is 7.11 Å². The maximum Gasteiger partial charge on any atom is 0.354 e. The van der Waals surface area contributed by atoms with E-state index in [4.69, 9.17) is 0 Å². The molecule has 0 bridgehead atoms. The molecule has 1 saturated carbocycles. The first kappa shape index (κ1) is 8.81. The third kappa shape index (κ3) is 1.63. The van der Waals surface area contributed by atoms with Crippen LogP contribution >= 0.6 is 15.9 Å². The third-order valence-electron chi connectivity index (χ3n) is 2.15. The van der Waals surface area contributed by atoms with Gasteiger partial charge in [-0.3, -0.25) is 0 Å². The first-order chi connectivity index (χ1) is 6.22. The minimum absolute atomic E-state index is 0.266. The van der Waals surface area contributed by atoms with Crippen molar-refractivity contribution in [2.24, 2.45) is 0 Å². The minimum atomic E-state index is -0.266. The second-order valence-corrected chi connectivity index (χ2v) is 4.09. The van der Waals surface area contributed by atoms with Gasteiger partial charge in [0, 0.05) is 16.7 Å². The number of nitrogens with zero attached hydrogens (tertiary/aromatic N) is 1. The molecular weight excluding hydrogens is 234 g/mol. The molecule has 0 amide bonds. The Bertz CT molecular complexity index is 341. The summed E-state index contributed by atoms with van der Waals surface area (Å²) in [6.07, 6.45) is 4.25. The zero-order valence-electron chi connectivity index (χ0n) is 7.29. The molecule has 1 aromatic heterocycles. The summed E-state index contributed by atoms with van der Waals surface area (Å²) in [5.41, 5.74) is 0.636. The summed E-state index contributed by atoms with van der Waals surface area (Å²) in [5.74, 6) is -0.266. The lowest BCUT2D eigenvalue weighted by molar-refractivity contribution is 0.0588. The van der Waals surface area contributed by atoms with Crippen molar-refractivity contribution in [1.29, 1.82) is 0 Å². The Morgan fingerprint density at radius 1 is 1.69 bits per heavy atom. The molecule has 1 fully saturated rings. The van der Waals surface area contributed by atoms with Crippen molar-refractivity contribution in [1.82, 2.24) is 4.57 Å². The van der Waals surface area contributed by atoms with Gasteiger partial charge in [-0.05, 0) is 34.8 Å². The summed E-state index contributed by atoms with van der Waals surface area (Å²) in [5, 5.41) is 0. The Labute approximate surface area is 84.8 Å². The van der Waals surface area contributed by atoms with Crippen LogP contribution in [0.4, 0.5) is 0 Å². The molecule has 3 nitrogen and oxygen atoms in total. The molecule has 0 unspecified atom stereocenters. The number of halogens is 1. The van der Waals surface area contributed by atoms with E-state index in [0.717, 1.165) is 17.3 Å². The van der Waals surface area contributed by atoms with Crippen molar-refractivity contribution < 1.29 is 9.53 Å². The van der Waals surface area contributed by atoms with Gasteiger partial charge < -0.3 is 9.30 Å². The molecule has 1 heterocycles. The number of ether oxygens (including phenoxy) is 1. The molecule has 0 saturated heterocycles. The number of carbonyl (C=O) groups is 1. The predicted molar refractivity (Wildman–Crippen MR) is 51.7 cm³/mol. The molecule has 0 radical (unpaired) electrons. The van der Waals surface area contributed by atoms with E-state index >= 15 is 0 Å². The summed E-state index contributed by atoms with van der Waals surface area (Å²) < 4.78 is 7.60. The minimum Gasteiger partial charge on any atom is -0.464 e. The van der Waals surface area contributed by atoms with E-state index in [1.54, 1.807) is 6.07 Å². The van der Waals surface area contributed by atoms with Crippen LogP contribution in [0.3, 0.4) is 0 Å². The highest BCUT2D eigenvalue weighted by Crippen LogP contribution is 2.37. The fourth-order valence-corrected chi connectivity index (χ4v) is 1.81. The number of rotatable bonds is 2. The molecule has 70 valence electrons. The second kappa shape index (κ2) is 3.18. The predicted octanol–water partition coefficient (Wildman–Crippen LogP) is 2.37. The van der Waals surface area contributed by atoms with Gasteiger partial charge in [-0.25, -0.2) is 4.79 Å². The van der Waals surface area contributed by atoms with Gasteiger partial charge in [0.1, 0.15) is 5.69 Å². The Morgan fingerprint density at radius 3 is 2.92 bits per heavy atom. The topological polar surface area (TPSA) is 31.2 Å². The van der Waals surface area contributed by atoms with E-state index < -0.39 is 0 Å². The van der Waals surface area contributed by atoms with Crippen LogP contribution in [0.15, 0.2) is 16.7 Å². The average molecular weight is 244 g/mol. The number of methoxy groups -OCH3 is 1. The molecule has 1 aliphatic rings. The van der Waals surface area contributed by atoms with Gasteiger partial charge in [0.25, 0.3) is 0 Å². The van der Waals surface area contributed by atoms with Crippen LogP contribution in [0, 0.1) is 0 Å². The van der Waals surface area contributed by atoms with Gasteiger partial charge in [0.2, 0.25) is 0 Å². The summed E-state index contributed by atoms with van der Waals surface area (Å²) in [6.45, 7) is 0. The molecule has 1 aliphatic carbocycles. The Balaban J connectivity index is 2.36. The van der Waals surface area contributed by atoms with E-state index in [2.05, 4.69) is 20.7 Å². The zero-order chi connectivity index (χ0) is 9.42. The molecule has 13 heavy (non-hydrogen) atoms. The first-order valence-corrected chi connectivity index (χ1v) is 4.97. The number of hydrogen-bond acceptors (Lipinski definition) is 2. The lowest BCUT2D eigenvalue weighted by Crippen LogP contribution is -2.08. The van der Waals surface area contributed by atoms with Gasteiger partial charge in [-0.1, -0.05) is 0 Å². The van der Waals surface area contributed by atoms with E-state index in [1.165, 1.54) is 7.11 Å². The number of esters is 1. The molecule has 4 heteroatoms. The largest absolute Gasteiger partial charge is 0.464 e. The fraction of sp³-hybridized carbons (Fsp3) is 0.444. The van der Waals surface area contributed by atoms with Crippen molar-refractivity contribution in [3.63, 3.8) is 0 Å². The fourth-order valence-electron chi connectivity index (χ4n) is 1.37. The quantitative estimate of drug-likeness (QED) is 0.748. The van der Waals surface area contributed by atoms with Crippen LogP contribution in [0.25, 0.3) is 0 Å². The van der Waals surface area contributed by atoms with Crippen molar-refractivity contribution in [2.75, 3.05) is 7.11 Å². The van der Waals surface area contributed by atoms with Crippen LogP contribution < -0.4 is 0 Å². The number of aromatic nitrogens is 1. The molecule has 2 rings (SSSR count). The average Bonchev–Trinajstić information content (AvgIpc) is 2.89. The molecular formula is C9H10BrNO2. The highest BCUT2D eigenvalue weighted by molar-refractivity contribution is 9.10. The smallest absolute Gasteiger partial charge is 0.354 e. The third-order valence-corrected chi connectivity index (χ3v) is 2.58. The lowest BCUT2D eigenvalue weighted by Gasteiger charge is -2.04. The molecule has 0 aromatic carbocycles. The second-order valence-electron chi connectivity index (χ2n) is 3.17. The van der Waals surface area contributed by atoms with Crippen LogP contribution in [0.1, 0.15) is 29.4 Å². The molecule has 0 spiro atoms. The van der Waals surface area contributed by atoms with Gasteiger partial charge in [0.15, 0.2) is 0 Å². The zero-order valence-corrected chi connectivity index (χ0v) is 8.87. The normalized spacial score (nSPS) is 15.8. The summed E-state index contributed by atoms with van der Waals surface area (Å²) in [6, 6.07) is 2.30. The number of hydrogen-bond donors (Lipinski definition) is 0. The van der Waals surface area contributed by atoms with Crippen molar-refractivity contribution in [3.05, 3.63) is 22.4 Å². The van der Waals surface area contributed by atoms with E-state index in [-0.39, 0.29) is 5.97 Å². The van der Waals surface area contributed by atoms with Crippen molar-refractivity contribution in [2.45, 2.75) is 18.9 Å². The SMILES string of the molecule is COC(=O)c1cc(Br)cn1C1CC1. The summed E-state index contributed by atoms with van der Waals surface area (Å²) in [4.78, 5) is 11.3. The molecule has 1 aromatic rings. The highest BCUT2D eigenvalue weighted by Gasteiger charge is 2.27. The lowest BCUT2D eigenvalue weighted by atomic mass is 10.4. The van der Waals surface area contributed by atoms with Gasteiger partial charge in [-0.2, -0.15) is 0 Å². The Kier molecular flexibility index (Phi) is 2.15. The maximum absolute atomic E-state index is 11.3. The Hall–Kier alpha value is -0.770. The maximum atomic E-state index is 11.3. The van der Waals surface area contributed by atoms with Crippen LogP contribution in [0.2, 0.25) is 0 Å². The first-order valence-electron chi connectivity index (χ1n) is 4.18. The van der Waals surface area contributed by atoms with Crippen LogP contribution in [-0.4, -0.2) is 17.6 Å². The molecule has 0 atom stereocenters. The molecule has 0 N–H and O–H groups in total. The molecule has 0 aliphatic heterocycles. The van der Waals surface area contributed by atoms with Gasteiger partial charge >= 0.3 is 5.97 Å². The van der Waals surface area contributed by atoms with Gasteiger partial charge in [-0.15, -0.1) is 0 Å². The van der Waals surface area contributed by atoms with Crippen molar-refractivity contribution in [3.8, 4) is 0 Å². The Morgan fingerprint density at radius 2 is 2.38 bits per heavy atom. The van der Waals surface area contributed by atoms with Crippen molar-refractivity contribution >= 4 is 21.9 Å². The van der Waals surface area contributed by atoms with Crippen LogP contribution in [-0.2, 0) is 4.74 Å². The summed E-state index contributed by atoms with van der Waals surface area (Å²) in [7, 11) is 1.40. The summed E-state index contributed by atoms with van der Waals surface area (Å²) >= 11 is 3.35. The van der Waals surface area contributed by atoms with E-state index in [9.17, 15) is 4.79 Å².